The lowest BCUT2D eigenvalue weighted by Gasteiger charge is -2.10. The molecule has 0 amide bonds. The topological polar surface area (TPSA) is 0 Å². The first-order valence-corrected chi connectivity index (χ1v) is 7.80. The highest BCUT2D eigenvalue weighted by Gasteiger charge is 2.06. The summed E-state index contributed by atoms with van der Waals surface area (Å²) in [5, 5.41) is 0.196. The van der Waals surface area contributed by atoms with E-state index in [0.717, 1.165) is 23.7 Å². The number of benzene rings is 2. The number of rotatable bonds is 5. The first-order valence-electron chi connectivity index (χ1n) is 6.57. The largest absolute Gasteiger partial charge is 0.123 e. The van der Waals surface area contributed by atoms with Crippen LogP contribution in [0.25, 0.3) is 0 Å². The third-order valence-electron chi connectivity index (χ3n) is 3.20. The minimum atomic E-state index is 0.196. The summed E-state index contributed by atoms with van der Waals surface area (Å²) in [5.74, 6) is 0. The maximum Gasteiger partial charge on any atom is 0.0379 e. The molecule has 2 aromatic rings. The highest BCUT2D eigenvalue weighted by molar-refractivity contribution is 9.10. The van der Waals surface area contributed by atoms with E-state index >= 15 is 0 Å². The number of halogens is 2. The average Bonchev–Trinajstić information content (AvgIpc) is 2.39. The molecule has 0 fully saturated rings. The Bertz CT molecular complexity index is 519. The third kappa shape index (κ3) is 5.00. The summed E-state index contributed by atoms with van der Waals surface area (Å²) in [6, 6.07) is 17.1. The minimum absolute atomic E-state index is 0.196. The van der Waals surface area contributed by atoms with Crippen LogP contribution < -0.4 is 0 Å². The molecule has 0 aliphatic rings. The molecule has 100 valence electrons. The molecule has 0 aliphatic heterocycles. The number of alkyl halides is 1. The van der Waals surface area contributed by atoms with Gasteiger partial charge >= 0.3 is 0 Å². The second kappa shape index (κ2) is 7.12. The Morgan fingerprint density at radius 1 is 1.05 bits per heavy atom. The van der Waals surface area contributed by atoms with Crippen LogP contribution in [0, 0.1) is 6.92 Å². The summed E-state index contributed by atoms with van der Waals surface area (Å²) in [5.41, 5.74) is 3.99. The van der Waals surface area contributed by atoms with Crippen molar-refractivity contribution >= 4 is 27.5 Å². The quantitative estimate of drug-likeness (QED) is 0.628. The summed E-state index contributed by atoms with van der Waals surface area (Å²) < 4.78 is 1.11. The number of hydrogen-bond acceptors (Lipinski definition) is 0. The lowest BCUT2D eigenvalue weighted by molar-refractivity contribution is 0.743. The molecule has 2 heteroatoms. The first-order chi connectivity index (χ1) is 9.13. The first kappa shape index (κ1) is 14.6. The van der Waals surface area contributed by atoms with Crippen LogP contribution in [-0.4, -0.2) is 5.38 Å². The Labute approximate surface area is 128 Å². The normalized spacial score (nSPS) is 12.4. The van der Waals surface area contributed by atoms with E-state index in [1.165, 1.54) is 16.7 Å². The van der Waals surface area contributed by atoms with Crippen molar-refractivity contribution in [2.24, 2.45) is 0 Å². The van der Waals surface area contributed by atoms with Crippen LogP contribution in [-0.2, 0) is 12.8 Å². The standard InChI is InChI=1S/C17H18BrCl/c1-13-3-2-4-14(11-13)7-10-17(19)12-15-5-8-16(18)9-6-15/h2-6,8-9,11,17H,7,10,12H2,1H3. The van der Waals surface area contributed by atoms with Gasteiger partial charge in [-0.3, -0.25) is 0 Å². The number of aryl methyl sites for hydroxylation is 2. The van der Waals surface area contributed by atoms with Crippen LogP contribution in [0.15, 0.2) is 53.0 Å². The van der Waals surface area contributed by atoms with Crippen LogP contribution in [0.3, 0.4) is 0 Å². The molecule has 19 heavy (non-hydrogen) atoms. The van der Waals surface area contributed by atoms with Crippen molar-refractivity contribution in [2.45, 2.75) is 31.6 Å². The number of hydrogen-bond donors (Lipinski definition) is 0. The maximum atomic E-state index is 6.43. The van der Waals surface area contributed by atoms with Crippen LogP contribution >= 0.6 is 27.5 Å². The van der Waals surface area contributed by atoms with Gasteiger partial charge in [0.25, 0.3) is 0 Å². The van der Waals surface area contributed by atoms with E-state index < -0.39 is 0 Å². The molecular formula is C17H18BrCl. The predicted molar refractivity (Wildman–Crippen MR) is 87.0 cm³/mol. The van der Waals surface area contributed by atoms with E-state index in [9.17, 15) is 0 Å². The van der Waals surface area contributed by atoms with Gasteiger partial charge in [-0.05, 0) is 49.4 Å². The van der Waals surface area contributed by atoms with Gasteiger partial charge in [0.15, 0.2) is 0 Å². The smallest absolute Gasteiger partial charge is 0.0379 e. The van der Waals surface area contributed by atoms with Crippen molar-refractivity contribution in [1.29, 1.82) is 0 Å². The highest BCUT2D eigenvalue weighted by Crippen LogP contribution is 2.17. The van der Waals surface area contributed by atoms with Gasteiger partial charge in [0, 0.05) is 9.85 Å². The monoisotopic (exact) mass is 336 g/mol. The van der Waals surface area contributed by atoms with Crippen molar-refractivity contribution in [3.63, 3.8) is 0 Å². The molecule has 0 saturated carbocycles. The van der Waals surface area contributed by atoms with E-state index in [0.29, 0.717) is 0 Å². The predicted octanol–water partition coefficient (Wildman–Crippen LogP) is 5.54. The fourth-order valence-electron chi connectivity index (χ4n) is 2.17. The molecule has 0 heterocycles. The third-order valence-corrected chi connectivity index (χ3v) is 4.10. The molecule has 0 aromatic heterocycles. The molecule has 0 N–H and O–H groups in total. The van der Waals surface area contributed by atoms with E-state index in [1.807, 2.05) is 0 Å². The van der Waals surface area contributed by atoms with E-state index in [4.69, 9.17) is 11.6 Å². The van der Waals surface area contributed by atoms with Crippen LogP contribution in [0.5, 0.6) is 0 Å². The zero-order valence-electron chi connectivity index (χ0n) is 11.1. The SMILES string of the molecule is Cc1cccc(CCC(Cl)Cc2ccc(Br)cc2)c1. The molecular weight excluding hydrogens is 320 g/mol. The molecule has 0 spiro atoms. The summed E-state index contributed by atoms with van der Waals surface area (Å²) in [7, 11) is 0. The van der Waals surface area contributed by atoms with Crippen LogP contribution in [0.4, 0.5) is 0 Å². The maximum absolute atomic E-state index is 6.43. The second-order valence-electron chi connectivity index (χ2n) is 4.96. The van der Waals surface area contributed by atoms with Gasteiger partial charge in [0.05, 0.1) is 0 Å². The Hall–Kier alpha value is -0.790. The fraction of sp³-hybridized carbons (Fsp3) is 0.294. The summed E-state index contributed by atoms with van der Waals surface area (Å²) >= 11 is 9.88. The minimum Gasteiger partial charge on any atom is -0.123 e. The second-order valence-corrected chi connectivity index (χ2v) is 6.49. The molecule has 0 bridgehead atoms. The lowest BCUT2D eigenvalue weighted by atomic mass is 10.0. The Morgan fingerprint density at radius 2 is 1.79 bits per heavy atom. The van der Waals surface area contributed by atoms with Crippen LogP contribution in [0.1, 0.15) is 23.1 Å². The summed E-state index contributed by atoms with van der Waals surface area (Å²) in [4.78, 5) is 0. The van der Waals surface area contributed by atoms with Gasteiger partial charge in [0.2, 0.25) is 0 Å². The van der Waals surface area contributed by atoms with Gasteiger partial charge < -0.3 is 0 Å². The van der Waals surface area contributed by atoms with Gasteiger partial charge in [-0.2, -0.15) is 0 Å². The van der Waals surface area contributed by atoms with Crippen molar-refractivity contribution in [1.82, 2.24) is 0 Å². The zero-order valence-corrected chi connectivity index (χ0v) is 13.4. The van der Waals surface area contributed by atoms with E-state index in [1.54, 1.807) is 0 Å². The molecule has 2 aromatic carbocycles. The molecule has 0 radical (unpaired) electrons. The van der Waals surface area contributed by atoms with Crippen molar-refractivity contribution in [3.05, 3.63) is 69.7 Å². The lowest BCUT2D eigenvalue weighted by Crippen LogP contribution is -2.05. The molecule has 0 saturated heterocycles. The van der Waals surface area contributed by atoms with E-state index in [2.05, 4.69) is 71.4 Å². The van der Waals surface area contributed by atoms with Crippen molar-refractivity contribution in [2.75, 3.05) is 0 Å². The highest BCUT2D eigenvalue weighted by atomic mass is 79.9. The van der Waals surface area contributed by atoms with Crippen LogP contribution in [0.2, 0.25) is 0 Å². The Kier molecular flexibility index (Phi) is 5.47. The Balaban J connectivity index is 1.84. The van der Waals surface area contributed by atoms with E-state index in [-0.39, 0.29) is 5.38 Å². The average molecular weight is 338 g/mol. The van der Waals surface area contributed by atoms with Gasteiger partial charge in [-0.1, -0.05) is 57.9 Å². The molecule has 2 rings (SSSR count). The van der Waals surface area contributed by atoms with Crippen molar-refractivity contribution < 1.29 is 0 Å². The summed E-state index contributed by atoms with van der Waals surface area (Å²) in [6.45, 7) is 2.13. The summed E-state index contributed by atoms with van der Waals surface area (Å²) in [6.07, 6.45) is 2.99. The van der Waals surface area contributed by atoms with Crippen molar-refractivity contribution in [3.8, 4) is 0 Å². The fourth-order valence-corrected chi connectivity index (χ4v) is 2.72. The van der Waals surface area contributed by atoms with Gasteiger partial charge in [-0.25, -0.2) is 0 Å². The Morgan fingerprint density at radius 3 is 2.47 bits per heavy atom. The molecule has 1 atom stereocenters. The van der Waals surface area contributed by atoms with Gasteiger partial charge in [0.1, 0.15) is 0 Å². The molecule has 1 unspecified atom stereocenters. The zero-order chi connectivity index (χ0) is 13.7. The molecule has 0 aliphatic carbocycles. The molecule has 0 nitrogen and oxygen atoms in total. The van der Waals surface area contributed by atoms with Gasteiger partial charge in [-0.15, -0.1) is 11.6 Å².